The van der Waals surface area contributed by atoms with E-state index < -0.39 is 0 Å². The van der Waals surface area contributed by atoms with E-state index in [2.05, 4.69) is 10.3 Å². The SMILES string of the molecule is CO[C@@H]1CN(C)C(=O)c2cc(NC(C)=O)ccc2OC[C@@H](C)N(C(=O)c2ccccn2)C[C@H]1C. The molecule has 0 spiro atoms. The normalized spacial score (nSPS) is 21.6. The van der Waals surface area contributed by atoms with Crippen molar-refractivity contribution in [3.05, 3.63) is 53.9 Å². The summed E-state index contributed by atoms with van der Waals surface area (Å²) in [6.45, 7) is 6.21. The van der Waals surface area contributed by atoms with Crippen LogP contribution in [0.1, 0.15) is 41.6 Å². The molecule has 2 heterocycles. The van der Waals surface area contributed by atoms with E-state index in [-0.39, 0.29) is 42.4 Å². The van der Waals surface area contributed by atoms with E-state index in [0.717, 1.165) is 0 Å². The first-order valence-electron chi connectivity index (χ1n) is 11.3. The molecule has 0 saturated carbocycles. The van der Waals surface area contributed by atoms with Crippen molar-refractivity contribution < 1.29 is 23.9 Å². The third-order valence-electron chi connectivity index (χ3n) is 5.91. The van der Waals surface area contributed by atoms with Crippen LogP contribution in [0.4, 0.5) is 5.69 Å². The predicted octanol–water partition coefficient (Wildman–Crippen LogP) is 2.69. The van der Waals surface area contributed by atoms with Crippen LogP contribution >= 0.6 is 0 Å². The topological polar surface area (TPSA) is 101 Å². The van der Waals surface area contributed by atoms with E-state index in [0.29, 0.717) is 35.8 Å². The molecule has 2 aromatic rings. The minimum absolute atomic E-state index is 0.0695. The Hall–Kier alpha value is -3.46. The molecule has 0 fully saturated rings. The number of carbonyl (C=O) groups excluding carboxylic acids is 3. The Labute approximate surface area is 200 Å². The summed E-state index contributed by atoms with van der Waals surface area (Å²) in [6, 6.07) is 9.88. The van der Waals surface area contributed by atoms with Gasteiger partial charge in [-0.25, -0.2) is 0 Å². The molecule has 34 heavy (non-hydrogen) atoms. The van der Waals surface area contributed by atoms with Crippen LogP contribution in [0.15, 0.2) is 42.6 Å². The van der Waals surface area contributed by atoms with Gasteiger partial charge in [0.25, 0.3) is 11.8 Å². The first kappa shape index (κ1) is 25.2. The highest BCUT2D eigenvalue weighted by Gasteiger charge is 2.31. The third kappa shape index (κ3) is 5.91. The summed E-state index contributed by atoms with van der Waals surface area (Å²) >= 11 is 0. The maximum atomic E-state index is 13.3. The highest BCUT2D eigenvalue weighted by Crippen LogP contribution is 2.26. The fourth-order valence-corrected chi connectivity index (χ4v) is 3.98. The second kappa shape index (κ2) is 11.1. The lowest BCUT2D eigenvalue weighted by Crippen LogP contribution is -2.48. The minimum atomic E-state index is -0.303. The lowest BCUT2D eigenvalue weighted by atomic mass is 10.0. The number of anilines is 1. The highest BCUT2D eigenvalue weighted by atomic mass is 16.5. The Balaban J connectivity index is 1.99. The maximum Gasteiger partial charge on any atom is 0.272 e. The number of pyridine rings is 1. The Morgan fingerprint density at radius 1 is 1.18 bits per heavy atom. The zero-order valence-corrected chi connectivity index (χ0v) is 20.3. The zero-order valence-electron chi connectivity index (χ0n) is 20.3. The number of benzene rings is 1. The standard InChI is InChI=1S/C25H32N4O5/c1-16-13-29(25(32)21-8-6-7-11-26-21)17(2)15-34-22-10-9-19(27-18(3)30)12-20(22)24(31)28(4)14-23(16)33-5/h6-12,16-17,23H,13-15H2,1-5H3,(H,27,30)/t16-,17-,23-/m1/s1. The van der Waals surface area contributed by atoms with Gasteiger partial charge in [-0.3, -0.25) is 19.4 Å². The van der Waals surface area contributed by atoms with Crippen LogP contribution in [0.2, 0.25) is 0 Å². The molecule has 3 amide bonds. The lowest BCUT2D eigenvalue weighted by molar-refractivity contribution is -0.114. The van der Waals surface area contributed by atoms with Crippen LogP contribution in [-0.4, -0.2) is 78.5 Å². The first-order chi connectivity index (χ1) is 16.2. The fraction of sp³-hybridized carbons (Fsp3) is 0.440. The number of nitrogens with zero attached hydrogens (tertiary/aromatic N) is 3. The van der Waals surface area contributed by atoms with Crippen molar-refractivity contribution in [2.45, 2.75) is 32.9 Å². The highest BCUT2D eigenvalue weighted by molar-refractivity contribution is 5.99. The van der Waals surface area contributed by atoms with Gasteiger partial charge in [-0.2, -0.15) is 0 Å². The van der Waals surface area contributed by atoms with Gasteiger partial charge in [0.15, 0.2) is 0 Å². The quantitative estimate of drug-likeness (QED) is 0.743. The molecule has 1 aliphatic heterocycles. The molecule has 1 aromatic heterocycles. The van der Waals surface area contributed by atoms with Crippen molar-refractivity contribution in [3.63, 3.8) is 0 Å². The summed E-state index contributed by atoms with van der Waals surface area (Å²) in [5.41, 5.74) is 1.18. The van der Waals surface area contributed by atoms with E-state index in [1.807, 2.05) is 13.8 Å². The van der Waals surface area contributed by atoms with Gasteiger partial charge in [0, 0.05) is 52.0 Å². The number of aromatic nitrogens is 1. The predicted molar refractivity (Wildman–Crippen MR) is 128 cm³/mol. The molecule has 0 aliphatic carbocycles. The lowest BCUT2D eigenvalue weighted by Gasteiger charge is -2.36. The molecule has 9 nitrogen and oxygen atoms in total. The zero-order chi connectivity index (χ0) is 24.8. The van der Waals surface area contributed by atoms with E-state index in [1.54, 1.807) is 66.6 Å². The first-order valence-corrected chi connectivity index (χ1v) is 11.3. The van der Waals surface area contributed by atoms with E-state index in [4.69, 9.17) is 9.47 Å². The molecule has 3 rings (SSSR count). The number of likely N-dealkylation sites (N-methyl/N-ethyl adjacent to an activating group) is 1. The van der Waals surface area contributed by atoms with Gasteiger partial charge in [-0.1, -0.05) is 13.0 Å². The number of rotatable bonds is 3. The van der Waals surface area contributed by atoms with Gasteiger partial charge in [0.05, 0.1) is 17.7 Å². The Morgan fingerprint density at radius 2 is 1.94 bits per heavy atom. The molecule has 0 radical (unpaired) electrons. The van der Waals surface area contributed by atoms with Crippen LogP contribution in [0.5, 0.6) is 5.75 Å². The van der Waals surface area contributed by atoms with Gasteiger partial charge < -0.3 is 24.6 Å². The van der Waals surface area contributed by atoms with Crippen LogP contribution in [0, 0.1) is 5.92 Å². The van der Waals surface area contributed by atoms with Crippen molar-refractivity contribution in [3.8, 4) is 5.75 Å². The van der Waals surface area contributed by atoms with Gasteiger partial charge in [-0.05, 0) is 37.3 Å². The number of carbonyl (C=O) groups is 3. The number of hydrogen-bond acceptors (Lipinski definition) is 6. The third-order valence-corrected chi connectivity index (χ3v) is 5.91. The van der Waals surface area contributed by atoms with Crippen LogP contribution in [0.25, 0.3) is 0 Å². The average molecular weight is 469 g/mol. The minimum Gasteiger partial charge on any atom is -0.491 e. The van der Waals surface area contributed by atoms with Crippen molar-refractivity contribution in [2.75, 3.05) is 39.2 Å². The second-order valence-corrected chi connectivity index (χ2v) is 8.66. The van der Waals surface area contributed by atoms with Gasteiger partial charge in [0.1, 0.15) is 18.1 Å². The van der Waals surface area contributed by atoms with Crippen molar-refractivity contribution >= 4 is 23.4 Å². The van der Waals surface area contributed by atoms with Crippen LogP contribution in [-0.2, 0) is 9.53 Å². The smallest absolute Gasteiger partial charge is 0.272 e. The summed E-state index contributed by atoms with van der Waals surface area (Å²) in [5, 5.41) is 2.70. The largest absolute Gasteiger partial charge is 0.491 e. The Bertz CT molecular complexity index is 1030. The molecular weight excluding hydrogens is 436 g/mol. The van der Waals surface area contributed by atoms with Crippen molar-refractivity contribution in [2.24, 2.45) is 5.92 Å². The van der Waals surface area contributed by atoms with Crippen LogP contribution in [0.3, 0.4) is 0 Å². The molecule has 0 unspecified atom stereocenters. The van der Waals surface area contributed by atoms with Crippen LogP contribution < -0.4 is 10.1 Å². The van der Waals surface area contributed by atoms with Crippen molar-refractivity contribution in [1.82, 2.24) is 14.8 Å². The average Bonchev–Trinajstić information content (AvgIpc) is 2.83. The molecule has 0 saturated heterocycles. The monoisotopic (exact) mass is 468 g/mol. The van der Waals surface area contributed by atoms with E-state index >= 15 is 0 Å². The number of methoxy groups -OCH3 is 1. The number of nitrogens with one attached hydrogen (secondary N) is 1. The molecule has 1 N–H and O–H groups in total. The Morgan fingerprint density at radius 3 is 2.59 bits per heavy atom. The van der Waals surface area contributed by atoms with E-state index in [9.17, 15) is 14.4 Å². The molecule has 0 bridgehead atoms. The van der Waals surface area contributed by atoms with Gasteiger partial charge in [-0.15, -0.1) is 0 Å². The fourth-order valence-electron chi connectivity index (χ4n) is 3.98. The maximum absolute atomic E-state index is 13.3. The number of ether oxygens (including phenoxy) is 2. The van der Waals surface area contributed by atoms with E-state index in [1.165, 1.54) is 6.92 Å². The summed E-state index contributed by atoms with van der Waals surface area (Å²) < 4.78 is 11.8. The summed E-state index contributed by atoms with van der Waals surface area (Å²) in [7, 11) is 3.30. The summed E-state index contributed by atoms with van der Waals surface area (Å²) in [4.78, 5) is 45.7. The second-order valence-electron chi connectivity index (χ2n) is 8.66. The molecule has 1 aromatic carbocycles. The molecule has 182 valence electrons. The molecule has 9 heteroatoms. The number of hydrogen-bond donors (Lipinski definition) is 1. The number of amides is 3. The summed E-state index contributed by atoms with van der Waals surface area (Å²) in [6.07, 6.45) is 1.29. The Kier molecular flexibility index (Phi) is 8.22. The molecular formula is C25H32N4O5. The number of fused-ring (bicyclic) bond motifs is 1. The summed E-state index contributed by atoms with van der Waals surface area (Å²) in [5.74, 6) is -0.363. The van der Waals surface area contributed by atoms with Gasteiger partial charge >= 0.3 is 0 Å². The molecule has 1 aliphatic rings. The molecule has 3 atom stereocenters. The van der Waals surface area contributed by atoms with Gasteiger partial charge in [0.2, 0.25) is 5.91 Å². The van der Waals surface area contributed by atoms with Crippen molar-refractivity contribution in [1.29, 1.82) is 0 Å².